The Balaban J connectivity index is 2.10. The first-order chi connectivity index (χ1) is 8.97. The Morgan fingerprint density at radius 2 is 2.21 bits per heavy atom. The van der Waals surface area contributed by atoms with Crippen molar-refractivity contribution in [2.45, 2.75) is 20.4 Å². The second-order valence-electron chi connectivity index (χ2n) is 4.38. The maximum absolute atomic E-state index is 10.7. The number of pyridine rings is 1. The molecule has 7 nitrogen and oxygen atoms in total. The number of aryl methyl sites for hydroxylation is 3. The van der Waals surface area contributed by atoms with Gasteiger partial charge in [0.2, 0.25) is 0 Å². The number of hydrogen-bond acceptors (Lipinski definition) is 5. The van der Waals surface area contributed by atoms with Gasteiger partial charge < -0.3 is 5.32 Å². The number of rotatable bonds is 4. The largest absolute Gasteiger partial charge is 0.366 e. The molecule has 0 amide bonds. The lowest BCUT2D eigenvalue weighted by Gasteiger charge is -2.05. The highest BCUT2D eigenvalue weighted by Crippen LogP contribution is 2.19. The number of nitro groups is 1. The van der Waals surface area contributed by atoms with Gasteiger partial charge in [-0.25, -0.2) is 4.98 Å². The lowest BCUT2D eigenvalue weighted by Crippen LogP contribution is -2.03. The summed E-state index contributed by atoms with van der Waals surface area (Å²) in [7, 11) is 1.87. The molecule has 0 unspecified atom stereocenters. The third kappa shape index (κ3) is 2.87. The minimum Gasteiger partial charge on any atom is -0.366 e. The van der Waals surface area contributed by atoms with Crippen molar-refractivity contribution in [3.05, 3.63) is 45.4 Å². The zero-order valence-corrected chi connectivity index (χ0v) is 11.0. The van der Waals surface area contributed by atoms with Crippen molar-refractivity contribution in [1.29, 1.82) is 0 Å². The first-order valence-corrected chi connectivity index (χ1v) is 5.81. The molecule has 2 heterocycles. The van der Waals surface area contributed by atoms with Crippen LogP contribution in [0.3, 0.4) is 0 Å². The van der Waals surface area contributed by atoms with Crippen molar-refractivity contribution in [1.82, 2.24) is 14.8 Å². The van der Waals surface area contributed by atoms with E-state index in [4.69, 9.17) is 0 Å². The van der Waals surface area contributed by atoms with Crippen LogP contribution < -0.4 is 5.32 Å². The number of aromatic nitrogens is 3. The molecule has 1 N–H and O–H groups in total. The molecule has 0 aliphatic heterocycles. The van der Waals surface area contributed by atoms with Crippen molar-refractivity contribution in [3.63, 3.8) is 0 Å². The molecule has 0 aromatic carbocycles. The van der Waals surface area contributed by atoms with E-state index < -0.39 is 4.92 Å². The van der Waals surface area contributed by atoms with Crippen LogP contribution in [0.25, 0.3) is 0 Å². The van der Waals surface area contributed by atoms with Crippen molar-refractivity contribution in [2.24, 2.45) is 7.05 Å². The van der Waals surface area contributed by atoms with Crippen molar-refractivity contribution < 1.29 is 4.92 Å². The van der Waals surface area contributed by atoms with Crippen molar-refractivity contribution >= 4 is 11.5 Å². The molecule has 2 aromatic heterocycles. The lowest BCUT2D eigenvalue weighted by atomic mass is 10.2. The molecule has 7 heteroatoms. The Kier molecular flexibility index (Phi) is 3.46. The number of hydrogen-bond donors (Lipinski definition) is 1. The van der Waals surface area contributed by atoms with Crippen LogP contribution in [-0.4, -0.2) is 19.7 Å². The summed E-state index contributed by atoms with van der Waals surface area (Å²) in [6, 6.07) is 1.67. The van der Waals surface area contributed by atoms with Crippen LogP contribution in [0.4, 0.5) is 11.5 Å². The predicted molar refractivity (Wildman–Crippen MR) is 70.9 cm³/mol. The Morgan fingerprint density at radius 3 is 2.74 bits per heavy atom. The highest BCUT2D eigenvalue weighted by molar-refractivity contribution is 5.47. The molecule has 0 radical (unpaired) electrons. The molecule has 0 atom stereocenters. The monoisotopic (exact) mass is 261 g/mol. The van der Waals surface area contributed by atoms with Crippen LogP contribution in [0, 0.1) is 24.0 Å². The van der Waals surface area contributed by atoms with Crippen LogP contribution in [-0.2, 0) is 13.6 Å². The summed E-state index contributed by atoms with van der Waals surface area (Å²) in [5, 5.41) is 18.1. The Bertz CT molecular complexity index is 621. The third-order valence-electron chi connectivity index (χ3n) is 2.85. The van der Waals surface area contributed by atoms with E-state index in [0.717, 1.165) is 11.3 Å². The van der Waals surface area contributed by atoms with Gasteiger partial charge in [0.25, 0.3) is 5.69 Å². The van der Waals surface area contributed by atoms with Crippen molar-refractivity contribution in [2.75, 3.05) is 5.32 Å². The van der Waals surface area contributed by atoms with Gasteiger partial charge in [-0.1, -0.05) is 0 Å². The average molecular weight is 261 g/mol. The molecule has 0 fully saturated rings. The van der Waals surface area contributed by atoms with E-state index >= 15 is 0 Å². The van der Waals surface area contributed by atoms with Crippen LogP contribution in [0.2, 0.25) is 0 Å². The highest BCUT2D eigenvalue weighted by Gasteiger charge is 2.11. The molecule has 0 aliphatic rings. The molecule has 19 heavy (non-hydrogen) atoms. The van der Waals surface area contributed by atoms with E-state index in [9.17, 15) is 10.1 Å². The molecule has 2 aromatic rings. The van der Waals surface area contributed by atoms with Crippen LogP contribution in [0.15, 0.2) is 18.5 Å². The Hall–Kier alpha value is -2.44. The third-order valence-corrected chi connectivity index (χ3v) is 2.85. The van der Waals surface area contributed by atoms with Gasteiger partial charge >= 0.3 is 0 Å². The summed E-state index contributed by atoms with van der Waals surface area (Å²) in [6.07, 6.45) is 3.20. The number of nitrogens with zero attached hydrogens (tertiary/aromatic N) is 4. The summed E-state index contributed by atoms with van der Waals surface area (Å²) < 4.78 is 1.75. The number of anilines is 1. The van der Waals surface area contributed by atoms with E-state index in [0.29, 0.717) is 17.9 Å². The second-order valence-corrected chi connectivity index (χ2v) is 4.38. The predicted octanol–water partition coefficient (Wildman–Crippen LogP) is 1.95. The van der Waals surface area contributed by atoms with Gasteiger partial charge in [-0.05, 0) is 19.9 Å². The van der Waals surface area contributed by atoms with Gasteiger partial charge in [0.05, 0.1) is 10.6 Å². The molecular weight excluding hydrogens is 246 g/mol. The SMILES string of the molecule is Cc1cc(NCc2cn(C)nc2C)ncc1[N+](=O)[O-]. The van der Waals surface area contributed by atoms with Gasteiger partial charge in [0.1, 0.15) is 12.0 Å². The molecule has 0 spiro atoms. The van der Waals surface area contributed by atoms with Gasteiger partial charge in [-0.15, -0.1) is 0 Å². The van der Waals surface area contributed by atoms with Crippen LogP contribution in [0.1, 0.15) is 16.8 Å². The first-order valence-electron chi connectivity index (χ1n) is 5.81. The zero-order valence-electron chi connectivity index (χ0n) is 11.0. The minimum atomic E-state index is -0.433. The quantitative estimate of drug-likeness (QED) is 0.671. The van der Waals surface area contributed by atoms with E-state index in [-0.39, 0.29) is 5.69 Å². The molecule has 0 saturated carbocycles. The van der Waals surface area contributed by atoms with E-state index in [2.05, 4.69) is 15.4 Å². The van der Waals surface area contributed by atoms with Gasteiger partial charge in [0, 0.05) is 30.9 Å². The van der Waals surface area contributed by atoms with Crippen LogP contribution in [0.5, 0.6) is 0 Å². The topological polar surface area (TPSA) is 85.9 Å². The summed E-state index contributed by atoms with van der Waals surface area (Å²) in [5.74, 6) is 0.617. The molecule has 0 saturated heterocycles. The second kappa shape index (κ2) is 5.05. The van der Waals surface area contributed by atoms with Gasteiger partial charge in [-0.2, -0.15) is 5.10 Å². The Morgan fingerprint density at radius 1 is 1.47 bits per heavy atom. The lowest BCUT2D eigenvalue weighted by molar-refractivity contribution is -0.385. The fourth-order valence-corrected chi connectivity index (χ4v) is 1.84. The first kappa shape index (κ1) is 13.0. The highest BCUT2D eigenvalue weighted by atomic mass is 16.6. The summed E-state index contributed by atoms with van der Waals surface area (Å²) in [5.41, 5.74) is 2.64. The smallest absolute Gasteiger partial charge is 0.290 e. The summed E-state index contributed by atoms with van der Waals surface area (Å²) in [4.78, 5) is 14.3. The fourth-order valence-electron chi connectivity index (χ4n) is 1.84. The summed E-state index contributed by atoms with van der Waals surface area (Å²) in [6.45, 7) is 4.22. The standard InChI is InChI=1S/C12H15N5O2/c1-8-4-12(14-6-11(8)17(18)19)13-5-10-7-16(3)15-9(10)2/h4,6-7H,5H2,1-3H3,(H,13,14). The maximum atomic E-state index is 10.7. The van der Waals surface area contributed by atoms with Gasteiger partial charge in [-0.3, -0.25) is 14.8 Å². The molecule has 100 valence electrons. The normalized spacial score (nSPS) is 10.5. The average Bonchev–Trinajstić information content (AvgIpc) is 2.65. The minimum absolute atomic E-state index is 0.0307. The van der Waals surface area contributed by atoms with E-state index in [1.807, 2.05) is 20.2 Å². The maximum Gasteiger partial charge on any atom is 0.290 e. The molecule has 0 aliphatic carbocycles. The number of nitrogens with one attached hydrogen (secondary N) is 1. The molecule has 2 rings (SSSR count). The molecule has 0 bridgehead atoms. The van der Waals surface area contributed by atoms with E-state index in [1.54, 1.807) is 17.7 Å². The van der Waals surface area contributed by atoms with Crippen LogP contribution >= 0.6 is 0 Å². The van der Waals surface area contributed by atoms with Gasteiger partial charge in [0.15, 0.2) is 0 Å². The van der Waals surface area contributed by atoms with Crippen molar-refractivity contribution in [3.8, 4) is 0 Å². The Labute approximate surface area is 110 Å². The fraction of sp³-hybridized carbons (Fsp3) is 0.333. The zero-order chi connectivity index (χ0) is 14.0. The summed E-state index contributed by atoms with van der Waals surface area (Å²) >= 11 is 0. The van der Waals surface area contributed by atoms with E-state index in [1.165, 1.54) is 6.20 Å². The molecular formula is C12H15N5O2.